The Morgan fingerprint density at radius 1 is 1.19 bits per heavy atom. The third-order valence-corrected chi connectivity index (χ3v) is 5.81. The lowest BCUT2D eigenvalue weighted by Gasteiger charge is -2.32. The van der Waals surface area contributed by atoms with Crippen LogP contribution in [0.5, 0.6) is 17.2 Å². The molecule has 6 heteroatoms. The van der Waals surface area contributed by atoms with Gasteiger partial charge in [-0.1, -0.05) is 39.3 Å². The van der Waals surface area contributed by atoms with Crippen LogP contribution in [-0.4, -0.2) is 31.7 Å². The van der Waals surface area contributed by atoms with Crippen LogP contribution in [-0.2, 0) is 4.74 Å². The Hall–Kier alpha value is -1.88. The maximum atomic E-state index is 13.6. The van der Waals surface area contributed by atoms with Crippen LogP contribution in [0.25, 0.3) is 0 Å². The first kappa shape index (κ1) is 18.9. The molecule has 0 aliphatic carbocycles. The molecule has 142 valence electrons. The summed E-state index contributed by atoms with van der Waals surface area (Å²) in [4.78, 5) is 13.6. The lowest BCUT2D eigenvalue weighted by atomic mass is 9.80. The molecule has 26 heavy (non-hydrogen) atoms. The maximum Gasteiger partial charge on any atom is 0.230 e. The van der Waals surface area contributed by atoms with Gasteiger partial charge in [-0.25, -0.2) is 0 Å². The molecule has 0 saturated heterocycles. The average Bonchev–Trinajstić information content (AvgIpc) is 3.04. The summed E-state index contributed by atoms with van der Waals surface area (Å²) in [5.74, 6) is 1.19. The third kappa shape index (κ3) is 2.40. The van der Waals surface area contributed by atoms with Crippen molar-refractivity contribution in [1.82, 2.24) is 0 Å². The lowest BCUT2D eigenvalue weighted by molar-refractivity contribution is -0.0000371. The molecule has 0 fully saturated rings. The number of halogens is 1. The summed E-state index contributed by atoms with van der Waals surface area (Å²) in [5.41, 5.74) is -1.15. The van der Waals surface area contributed by atoms with Crippen molar-refractivity contribution in [3.8, 4) is 17.2 Å². The molecule has 0 saturated carbocycles. The van der Waals surface area contributed by atoms with Crippen LogP contribution in [0.4, 0.5) is 0 Å². The minimum atomic E-state index is -1.27. The largest absolute Gasteiger partial charge is 0.496 e. The van der Waals surface area contributed by atoms with E-state index in [0.717, 1.165) is 0 Å². The number of ether oxygens (including phenoxy) is 4. The number of hydrogen-bond acceptors (Lipinski definition) is 5. The number of fused-ring (bicyclic) bond motifs is 1. The molecule has 0 bridgehead atoms. The molecule has 5 nitrogen and oxygen atoms in total. The van der Waals surface area contributed by atoms with Gasteiger partial charge < -0.3 is 18.9 Å². The van der Waals surface area contributed by atoms with E-state index >= 15 is 0 Å². The molecule has 2 aliphatic rings. The van der Waals surface area contributed by atoms with Gasteiger partial charge >= 0.3 is 0 Å². The predicted octanol–water partition coefficient (Wildman–Crippen LogP) is 4.66. The van der Waals surface area contributed by atoms with Crippen molar-refractivity contribution in [3.63, 3.8) is 0 Å². The molecule has 1 unspecified atom stereocenters. The minimum absolute atomic E-state index is 0.0693. The molecular formula is C20H25ClO5. The van der Waals surface area contributed by atoms with Crippen molar-refractivity contribution in [2.45, 2.75) is 46.3 Å². The molecule has 1 aromatic carbocycles. The van der Waals surface area contributed by atoms with Crippen LogP contribution in [0.3, 0.4) is 0 Å². The summed E-state index contributed by atoms with van der Waals surface area (Å²) in [5, 5.41) is 0.255. The highest BCUT2D eigenvalue weighted by molar-refractivity contribution is 6.35. The van der Waals surface area contributed by atoms with Gasteiger partial charge in [-0.05, 0) is 13.0 Å². The van der Waals surface area contributed by atoms with Crippen molar-refractivity contribution < 1.29 is 23.7 Å². The number of ketones is 1. The van der Waals surface area contributed by atoms with Crippen LogP contribution in [0, 0.1) is 11.3 Å². The Morgan fingerprint density at radius 3 is 2.27 bits per heavy atom. The van der Waals surface area contributed by atoms with E-state index in [1.165, 1.54) is 14.2 Å². The number of carbonyl (C=O) groups excluding carboxylic acids is 1. The van der Waals surface area contributed by atoms with Gasteiger partial charge in [-0.15, -0.1) is 0 Å². The van der Waals surface area contributed by atoms with E-state index in [9.17, 15) is 4.79 Å². The van der Waals surface area contributed by atoms with Gasteiger partial charge in [-0.2, -0.15) is 0 Å². The zero-order chi connectivity index (χ0) is 19.4. The lowest BCUT2D eigenvalue weighted by Crippen LogP contribution is -2.47. The van der Waals surface area contributed by atoms with Crippen LogP contribution < -0.4 is 14.2 Å². The Morgan fingerprint density at radius 2 is 1.81 bits per heavy atom. The molecule has 2 heterocycles. The smallest absolute Gasteiger partial charge is 0.230 e. The number of Topliss-reactive ketones (excluding diaryl/α,β-unsaturated/α-hetero) is 1. The first-order valence-corrected chi connectivity index (χ1v) is 9.06. The van der Waals surface area contributed by atoms with E-state index in [0.29, 0.717) is 22.8 Å². The van der Waals surface area contributed by atoms with Crippen molar-refractivity contribution in [1.29, 1.82) is 0 Å². The number of methoxy groups -OCH3 is 2. The number of benzene rings is 1. The molecule has 0 N–H and O–H groups in total. The van der Waals surface area contributed by atoms with Gasteiger partial charge in [0.25, 0.3) is 0 Å². The Bertz CT molecular complexity index is 796. The Labute approximate surface area is 159 Å². The normalized spacial score (nSPS) is 26.3. The molecular weight excluding hydrogens is 356 g/mol. The van der Waals surface area contributed by atoms with Gasteiger partial charge in [0.2, 0.25) is 11.4 Å². The zero-order valence-electron chi connectivity index (χ0n) is 16.2. The molecule has 0 spiro atoms. The van der Waals surface area contributed by atoms with E-state index < -0.39 is 5.60 Å². The second-order valence-corrected chi connectivity index (χ2v) is 8.09. The van der Waals surface area contributed by atoms with Crippen LogP contribution >= 0.6 is 11.6 Å². The van der Waals surface area contributed by atoms with E-state index in [4.69, 9.17) is 30.5 Å². The topological polar surface area (TPSA) is 54.0 Å². The molecule has 2 aliphatic heterocycles. The summed E-state index contributed by atoms with van der Waals surface area (Å²) in [6.07, 6.45) is 1.92. The Kier molecular flexibility index (Phi) is 4.42. The fraction of sp³-hybridized carbons (Fsp3) is 0.550. The van der Waals surface area contributed by atoms with Crippen molar-refractivity contribution >= 4 is 17.4 Å². The van der Waals surface area contributed by atoms with Crippen LogP contribution in [0.2, 0.25) is 5.02 Å². The van der Waals surface area contributed by atoms with E-state index in [1.54, 1.807) is 6.07 Å². The summed E-state index contributed by atoms with van der Waals surface area (Å²) >= 11 is 6.45. The van der Waals surface area contributed by atoms with Crippen molar-refractivity contribution in [3.05, 3.63) is 28.5 Å². The monoisotopic (exact) mass is 380 g/mol. The molecule has 0 aromatic heterocycles. The van der Waals surface area contributed by atoms with Gasteiger partial charge in [0.15, 0.2) is 5.75 Å². The van der Waals surface area contributed by atoms with Crippen molar-refractivity contribution in [2.24, 2.45) is 11.3 Å². The number of rotatable bonds is 4. The minimum Gasteiger partial charge on any atom is -0.496 e. The highest BCUT2D eigenvalue weighted by Gasteiger charge is 2.59. The highest BCUT2D eigenvalue weighted by Crippen LogP contribution is 2.55. The van der Waals surface area contributed by atoms with Crippen molar-refractivity contribution in [2.75, 3.05) is 14.2 Å². The first-order chi connectivity index (χ1) is 12.1. The molecule has 0 radical (unpaired) electrons. The Balaban J connectivity index is 2.22. The quantitative estimate of drug-likeness (QED) is 0.760. The summed E-state index contributed by atoms with van der Waals surface area (Å²) < 4.78 is 23.1. The number of hydrogen-bond donors (Lipinski definition) is 0. The average molecular weight is 381 g/mol. The van der Waals surface area contributed by atoms with E-state index in [-0.39, 0.29) is 34.0 Å². The molecule has 0 amide bonds. The summed E-state index contributed by atoms with van der Waals surface area (Å²) in [6, 6.07) is 1.61. The maximum absolute atomic E-state index is 13.6. The highest BCUT2D eigenvalue weighted by atomic mass is 35.5. The van der Waals surface area contributed by atoms with Gasteiger partial charge in [0.1, 0.15) is 33.9 Å². The van der Waals surface area contributed by atoms with Gasteiger partial charge in [0, 0.05) is 17.4 Å². The SMILES string of the molecule is COc1cc(OC)c2c(c1Cl)O[C@](C1=CC(C)(C)C(C)O1)(C(C)C)C2=O. The second-order valence-electron chi connectivity index (χ2n) is 7.71. The zero-order valence-corrected chi connectivity index (χ0v) is 17.0. The fourth-order valence-corrected chi connectivity index (χ4v) is 3.72. The van der Waals surface area contributed by atoms with Gasteiger partial charge in [0.05, 0.1) is 14.2 Å². The third-order valence-electron chi connectivity index (χ3n) is 5.45. The molecule has 2 atom stereocenters. The second kappa shape index (κ2) is 6.08. The summed E-state index contributed by atoms with van der Waals surface area (Å²) in [7, 11) is 3.01. The molecule has 3 rings (SSSR count). The summed E-state index contributed by atoms with van der Waals surface area (Å²) in [6.45, 7) is 9.99. The van der Waals surface area contributed by atoms with E-state index in [1.807, 2.05) is 26.8 Å². The van der Waals surface area contributed by atoms with Crippen LogP contribution in [0.1, 0.15) is 45.0 Å². The fourth-order valence-electron chi connectivity index (χ4n) is 3.45. The molecule has 1 aromatic rings. The van der Waals surface area contributed by atoms with Gasteiger partial charge in [-0.3, -0.25) is 4.79 Å². The standard InChI is InChI=1S/C20H25ClO5/c1-10(2)20(14-9-19(4,5)11(3)25-14)18(22)15-12(23-6)8-13(24-7)16(21)17(15)26-20/h8-11H,1-7H3/t11?,20-/m0/s1. The first-order valence-electron chi connectivity index (χ1n) is 8.68. The van der Waals surface area contributed by atoms with Crippen LogP contribution in [0.15, 0.2) is 17.9 Å². The number of carbonyl (C=O) groups is 1. The van der Waals surface area contributed by atoms with E-state index in [2.05, 4.69) is 13.8 Å². The predicted molar refractivity (Wildman–Crippen MR) is 99.5 cm³/mol.